The van der Waals surface area contributed by atoms with Crippen molar-refractivity contribution >= 4 is 0 Å². The molecule has 6 nitrogen and oxygen atoms in total. The van der Waals surface area contributed by atoms with Crippen molar-refractivity contribution in [1.29, 1.82) is 0 Å². The maximum absolute atomic E-state index is 10.8. The Hall–Kier alpha value is -1.34. The normalized spacial score (nSPS) is 30.2. The molecule has 2 saturated heterocycles. The summed E-state index contributed by atoms with van der Waals surface area (Å²) in [7, 11) is 1.67. The predicted octanol–water partition coefficient (Wildman–Crippen LogP) is 2.81. The van der Waals surface area contributed by atoms with Crippen molar-refractivity contribution in [3.63, 3.8) is 0 Å². The van der Waals surface area contributed by atoms with E-state index in [4.69, 9.17) is 14.2 Å². The second-order valence-electron chi connectivity index (χ2n) is 10.6. The van der Waals surface area contributed by atoms with Crippen molar-refractivity contribution in [2.75, 3.05) is 59.6 Å². The number of hydrogen-bond donors (Lipinski definition) is 1. The molecule has 1 aromatic rings. The minimum Gasteiger partial charge on any atom is -0.493 e. The Morgan fingerprint density at radius 1 is 1.03 bits per heavy atom. The molecule has 31 heavy (non-hydrogen) atoms. The summed E-state index contributed by atoms with van der Waals surface area (Å²) in [5.41, 5.74) is 1.38. The van der Waals surface area contributed by atoms with Crippen LogP contribution in [0.15, 0.2) is 18.2 Å². The van der Waals surface area contributed by atoms with Gasteiger partial charge in [0.2, 0.25) is 0 Å². The summed E-state index contributed by atoms with van der Waals surface area (Å²) >= 11 is 0. The van der Waals surface area contributed by atoms with Gasteiger partial charge in [0.25, 0.3) is 0 Å². The van der Waals surface area contributed by atoms with E-state index in [0.717, 1.165) is 82.4 Å². The third-order valence-electron chi connectivity index (χ3n) is 7.16. The fourth-order valence-corrected chi connectivity index (χ4v) is 5.80. The van der Waals surface area contributed by atoms with Crippen molar-refractivity contribution in [2.24, 2.45) is 17.3 Å². The molecule has 6 heteroatoms. The maximum Gasteiger partial charge on any atom is 0.161 e. The number of ether oxygens (including phenoxy) is 3. The van der Waals surface area contributed by atoms with Crippen LogP contribution in [0.3, 0.4) is 0 Å². The van der Waals surface area contributed by atoms with Gasteiger partial charge >= 0.3 is 0 Å². The highest BCUT2D eigenvalue weighted by atomic mass is 16.5. The first-order chi connectivity index (χ1) is 14.8. The van der Waals surface area contributed by atoms with Crippen LogP contribution in [0.4, 0.5) is 0 Å². The van der Waals surface area contributed by atoms with E-state index in [9.17, 15) is 5.11 Å². The molecule has 1 saturated carbocycles. The highest BCUT2D eigenvalue weighted by Crippen LogP contribution is 2.40. The summed E-state index contributed by atoms with van der Waals surface area (Å²) < 4.78 is 17.3. The van der Waals surface area contributed by atoms with Gasteiger partial charge < -0.3 is 24.2 Å². The van der Waals surface area contributed by atoms with Gasteiger partial charge in [-0.25, -0.2) is 0 Å². The topological polar surface area (TPSA) is 54.4 Å². The molecule has 4 atom stereocenters. The SMILES string of the molecule is COc1cc(C)ccc1O[C@@H]1C[C@@H]2CN(CC(C)(C)CN3CCOCC3)C[C@@H]2C[C@H]1O. The minimum absolute atomic E-state index is 0.167. The van der Waals surface area contributed by atoms with Gasteiger partial charge in [0.1, 0.15) is 6.10 Å². The monoisotopic (exact) mass is 432 g/mol. The zero-order valence-corrected chi connectivity index (χ0v) is 19.7. The summed E-state index contributed by atoms with van der Waals surface area (Å²) in [5.74, 6) is 2.63. The number of hydrogen-bond acceptors (Lipinski definition) is 6. The van der Waals surface area contributed by atoms with Crippen LogP contribution in [-0.2, 0) is 4.74 Å². The average molecular weight is 433 g/mol. The highest BCUT2D eigenvalue weighted by Gasteiger charge is 2.43. The second-order valence-corrected chi connectivity index (χ2v) is 10.6. The molecule has 1 N–H and O–H groups in total. The Labute approximate surface area is 187 Å². The predicted molar refractivity (Wildman–Crippen MR) is 122 cm³/mol. The fourth-order valence-electron chi connectivity index (χ4n) is 5.80. The van der Waals surface area contributed by atoms with E-state index in [1.165, 1.54) is 0 Å². The van der Waals surface area contributed by atoms with Gasteiger partial charge in [-0.2, -0.15) is 0 Å². The van der Waals surface area contributed by atoms with Crippen LogP contribution in [-0.4, -0.2) is 86.7 Å². The molecule has 0 bridgehead atoms. The van der Waals surface area contributed by atoms with Crippen LogP contribution in [0.2, 0.25) is 0 Å². The van der Waals surface area contributed by atoms with Gasteiger partial charge in [0.15, 0.2) is 11.5 Å². The molecule has 0 aromatic heterocycles. The van der Waals surface area contributed by atoms with Crippen LogP contribution < -0.4 is 9.47 Å². The lowest BCUT2D eigenvalue weighted by molar-refractivity contribution is -0.0240. The molecular weight excluding hydrogens is 392 g/mol. The number of rotatable bonds is 7. The Kier molecular flexibility index (Phi) is 7.11. The number of aliphatic hydroxyl groups is 1. The van der Waals surface area contributed by atoms with Crippen molar-refractivity contribution in [2.45, 2.75) is 45.8 Å². The van der Waals surface area contributed by atoms with Gasteiger partial charge in [0.05, 0.1) is 26.4 Å². The smallest absolute Gasteiger partial charge is 0.161 e. The third kappa shape index (κ3) is 5.72. The Morgan fingerprint density at radius 2 is 1.71 bits per heavy atom. The Morgan fingerprint density at radius 3 is 2.42 bits per heavy atom. The number of fused-ring (bicyclic) bond motifs is 1. The standard InChI is InChI=1S/C25H40N2O4/c1-18-5-6-22(24(11-18)29-4)31-23-13-20-15-27(14-19(20)12-21(23)28)17-25(2,3)16-26-7-9-30-10-8-26/h5-6,11,19-21,23,28H,7-10,12-17H2,1-4H3/t19-,20+,21+,23+/m0/s1. The molecule has 0 unspecified atom stereocenters. The summed E-state index contributed by atoms with van der Waals surface area (Å²) in [6, 6.07) is 5.98. The number of aliphatic hydroxyl groups excluding tert-OH is 1. The fraction of sp³-hybridized carbons (Fsp3) is 0.760. The van der Waals surface area contributed by atoms with E-state index in [0.29, 0.717) is 11.8 Å². The summed E-state index contributed by atoms with van der Waals surface area (Å²) in [6.07, 6.45) is 1.14. The van der Waals surface area contributed by atoms with Crippen molar-refractivity contribution in [3.8, 4) is 11.5 Å². The number of nitrogens with zero attached hydrogens (tertiary/aromatic N) is 2. The third-order valence-corrected chi connectivity index (χ3v) is 7.16. The van der Waals surface area contributed by atoms with Gasteiger partial charge in [-0.15, -0.1) is 0 Å². The molecule has 174 valence electrons. The minimum atomic E-state index is -0.423. The van der Waals surface area contributed by atoms with Crippen LogP contribution >= 0.6 is 0 Å². The van der Waals surface area contributed by atoms with E-state index in [1.807, 2.05) is 25.1 Å². The summed E-state index contributed by atoms with van der Waals surface area (Å²) in [4.78, 5) is 5.16. The maximum atomic E-state index is 10.8. The van der Waals surface area contributed by atoms with Gasteiger partial charge in [-0.1, -0.05) is 19.9 Å². The van der Waals surface area contributed by atoms with Gasteiger partial charge in [0, 0.05) is 39.3 Å². The molecule has 1 aliphatic carbocycles. The van der Waals surface area contributed by atoms with Crippen LogP contribution in [0, 0.1) is 24.2 Å². The van der Waals surface area contributed by atoms with E-state index in [1.54, 1.807) is 7.11 Å². The molecule has 0 amide bonds. The first-order valence-corrected chi connectivity index (χ1v) is 11.8. The van der Waals surface area contributed by atoms with Crippen LogP contribution in [0.5, 0.6) is 11.5 Å². The largest absolute Gasteiger partial charge is 0.493 e. The van der Waals surface area contributed by atoms with Crippen molar-refractivity contribution < 1.29 is 19.3 Å². The number of likely N-dealkylation sites (tertiary alicyclic amines) is 1. The number of benzene rings is 1. The van der Waals surface area contributed by atoms with Gasteiger partial charge in [-0.3, -0.25) is 4.90 Å². The lowest BCUT2D eigenvalue weighted by Crippen LogP contribution is -2.45. The molecule has 2 heterocycles. The van der Waals surface area contributed by atoms with E-state index >= 15 is 0 Å². The zero-order chi connectivity index (χ0) is 22.0. The van der Waals surface area contributed by atoms with E-state index in [2.05, 4.69) is 23.6 Å². The zero-order valence-electron chi connectivity index (χ0n) is 19.7. The number of morpholine rings is 1. The summed E-state index contributed by atoms with van der Waals surface area (Å²) in [6.45, 7) is 15.0. The molecule has 0 radical (unpaired) electrons. The molecule has 3 aliphatic rings. The lowest BCUT2D eigenvalue weighted by atomic mass is 9.78. The van der Waals surface area contributed by atoms with Crippen LogP contribution in [0.25, 0.3) is 0 Å². The lowest BCUT2D eigenvalue weighted by Gasteiger charge is -2.37. The Balaban J connectivity index is 1.33. The molecule has 1 aromatic carbocycles. The summed E-state index contributed by atoms with van der Waals surface area (Å²) in [5, 5.41) is 10.8. The van der Waals surface area contributed by atoms with Crippen molar-refractivity contribution in [3.05, 3.63) is 23.8 Å². The van der Waals surface area contributed by atoms with E-state index < -0.39 is 6.10 Å². The molecule has 0 spiro atoms. The Bertz CT molecular complexity index is 734. The first-order valence-electron chi connectivity index (χ1n) is 11.8. The van der Waals surface area contributed by atoms with Crippen molar-refractivity contribution in [1.82, 2.24) is 9.80 Å². The highest BCUT2D eigenvalue weighted by molar-refractivity contribution is 5.42. The number of aryl methyl sites for hydroxylation is 1. The average Bonchev–Trinajstić information content (AvgIpc) is 3.09. The van der Waals surface area contributed by atoms with Crippen LogP contribution in [0.1, 0.15) is 32.3 Å². The number of methoxy groups -OCH3 is 1. The van der Waals surface area contributed by atoms with E-state index in [-0.39, 0.29) is 11.5 Å². The molecule has 2 aliphatic heterocycles. The van der Waals surface area contributed by atoms with Gasteiger partial charge in [-0.05, 0) is 54.7 Å². The molecule has 3 fully saturated rings. The second kappa shape index (κ2) is 9.65. The molecular formula is C25H40N2O4. The quantitative estimate of drug-likeness (QED) is 0.715. The molecule has 4 rings (SSSR count). The first kappa shape index (κ1) is 22.8.